The fraction of sp³-hybridized carbons (Fsp3) is 0.462. The van der Waals surface area contributed by atoms with E-state index >= 15 is 0 Å². The van der Waals surface area contributed by atoms with E-state index in [9.17, 15) is 4.79 Å². The van der Waals surface area contributed by atoms with Crippen LogP contribution in [0, 0.1) is 5.92 Å². The molecule has 0 unspecified atom stereocenters. The Morgan fingerprint density at radius 2 is 1.94 bits per heavy atom. The average molecular weight is 221 g/mol. The number of hydrogen-bond donors (Lipinski definition) is 1. The highest BCUT2D eigenvalue weighted by molar-refractivity contribution is 5.75. The van der Waals surface area contributed by atoms with Gasteiger partial charge in [0.2, 0.25) is 0 Å². The summed E-state index contributed by atoms with van der Waals surface area (Å²) in [6.45, 7) is 4.68. The first-order valence-corrected chi connectivity index (χ1v) is 5.50. The van der Waals surface area contributed by atoms with Crippen LogP contribution in [0.3, 0.4) is 0 Å². The van der Waals surface area contributed by atoms with Crippen molar-refractivity contribution in [3.05, 3.63) is 35.9 Å². The first-order chi connectivity index (χ1) is 7.65. The molecule has 3 heteroatoms. The zero-order valence-corrected chi connectivity index (χ0v) is 10.1. The Bertz CT molecular complexity index is 322. The molecule has 1 N–H and O–H groups in total. The van der Waals surface area contributed by atoms with Gasteiger partial charge in [-0.3, -0.25) is 4.79 Å². The molecule has 0 saturated carbocycles. The summed E-state index contributed by atoms with van der Waals surface area (Å²) in [6.07, 6.45) is 0. The van der Waals surface area contributed by atoms with Crippen LogP contribution in [0.25, 0.3) is 0 Å². The number of esters is 1. The van der Waals surface area contributed by atoms with Crippen LogP contribution in [-0.4, -0.2) is 19.1 Å². The molecular weight excluding hydrogens is 202 g/mol. The zero-order valence-electron chi connectivity index (χ0n) is 10.1. The fourth-order valence-electron chi connectivity index (χ4n) is 1.54. The molecule has 1 atom stereocenters. The Hall–Kier alpha value is -1.35. The highest BCUT2D eigenvalue weighted by Gasteiger charge is 2.21. The van der Waals surface area contributed by atoms with Gasteiger partial charge in [-0.2, -0.15) is 0 Å². The summed E-state index contributed by atoms with van der Waals surface area (Å²) in [4.78, 5) is 11.5. The molecule has 1 rings (SSSR count). The number of hydrogen-bond acceptors (Lipinski definition) is 3. The van der Waals surface area contributed by atoms with E-state index < -0.39 is 0 Å². The van der Waals surface area contributed by atoms with E-state index in [1.54, 1.807) is 0 Å². The molecular formula is C13H19NO2. The van der Waals surface area contributed by atoms with Crippen molar-refractivity contribution in [3.63, 3.8) is 0 Å². The van der Waals surface area contributed by atoms with Crippen LogP contribution in [0.4, 0.5) is 0 Å². The second kappa shape index (κ2) is 6.28. The highest BCUT2D eigenvalue weighted by atomic mass is 16.5. The number of carbonyl (C=O) groups excluding carboxylic acids is 1. The molecule has 0 aliphatic heterocycles. The Balaban J connectivity index is 2.54. The van der Waals surface area contributed by atoms with Crippen LogP contribution in [0.15, 0.2) is 30.3 Å². The van der Waals surface area contributed by atoms with E-state index in [1.807, 2.05) is 44.2 Å². The van der Waals surface area contributed by atoms with Gasteiger partial charge in [0.15, 0.2) is 0 Å². The summed E-state index contributed by atoms with van der Waals surface area (Å²) in [7, 11) is 1.42. The molecule has 0 aliphatic rings. The molecule has 0 heterocycles. The van der Waals surface area contributed by atoms with Gasteiger partial charge in [-0.05, 0) is 11.5 Å². The van der Waals surface area contributed by atoms with Crippen molar-refractivity contribution in [2.45, 2.75) is 26.4 Å². The third kappa shape index (κ3) is 3.66. The van der Waals surface area contributed by atoms with Crippen molar-refractivity contribution < 1.29 is 9.53 Å². The topological polar surface area (TPSA) is 38.3 Å². The van der Waals surface area contributed by atoms with Gasteiger partial charge in [0, 0.05) is 6.54 Å². The maximum Gasteiger partial charge on any atom is 0.323 e. The minimum absolute atomic E-state index is 0.203. The lowest BCUT2D eigenvalue weighted by atomic mass is 10.0. The van der Waals surface area contributed by atoms with Crippen molar-refractivity contribution in [3.8, 4) is 0 Å². The third-order valence-corrected chi connectivity index (χ3v) is 2.49. The number of nitrogens with one attached hydrogen (secondary N) is 1. The Morgan fingerprint density at radius 3 is 2.44 bits per heavy atom. The van der Waals surface area contributed by atoms with E-state index in [-0.39, 0.29) is 17.9 Å². The van der Waals surface area contributed by atoms with Gasteiger partial charge in [-0.15, -0.1) is 0 Å². The maximum atomic E-state index is 11.5. The monoisotopic (exact) mass is 221 g/mol. The van der Waals surface area contributed by atoms with E-state index in [4.69, 9.17) is 4.74 Å². The third-order valence-electron chi connectivity index (χ3n) is 2.49. The van der Waals surface area contributed by atoms with E-state index in [0.29, 0.717) is 6.54 Å². The van der Waals surface area contributed by atoms with Crippen LogP contribution in [0.5, 0.6) is 0 Å². The number of carbonyl (C=O) groups is 1. The lowest BCUT2D eigenvalue weighted by Crippen LogP contribution is -2.41. The molecule has 0 aliphatic carbocycles. The standard InChI is InChI=1S/C13H19NO2/c1-10(2)12(13(15)16-3)14-9-11-7-5-4-6-8-11/h4-8,10,12,14H,9H2,1-3H3/t12-/m0/s1. The lowest BCUT2D eigenvalue weighted by Gasteiger charge is -2.19. The second-order valence-corrected chi connectivity index (χ2v) is 4.11. The number of benzene rings is 1. The van der Waals surface area contributed by atoms with Crippen molar-refractivity contribution in [2.75, 3.05) is 7.11 Å². The van der Waals surface area contributed by atoms with Gasteiger partial charge in [0.25, 0.3) is 0 Å². The molecule has 1 aromatic carbocycles. The first kappa shape index (κ1) is 12.7. The normalized spacial score (nSPS) is 12.5. The van der Waals surface area contributed by atoms with Crippen molar-refractivity contribution in [2.24, 2.45) is 5.92 Å². The predicted molar refractivity (Wildman–Crippen MR) is 63.9 cm³/mol. The van der Waals surface area contributed by atoms with Gasteiger partial charge in [-0.25, -0.2) is 0 Å². The predicted octanol–water partition coefficient (Wildman–Crippen LogP) is 1.97. The molecule has 16 heavy (non-hydrogen) atoms. The number of methoxy groups -OCH3 is 1. The lowest BCUT2D eigenvalue weighted by molar-refractivity contribution is -0.144. The Labute approximate surface area is 96.8 Å². The SMILES string of the molecule is COC(=O)[C@@H](NCc1ccccc1)C(C)C. The Kier molecular flexibility index (Phi) is 4.99. The molecule has 88 valence electrons. The summed E-state index contributed by atoms with van der Waals surface area (Å²) >= 11 is 0. The van der Waals surface area contributed by atoms with Crippen LogP contribution < -0.4 is 5.32 Å². The Morgan fingerprint density at radius 1 is 1.31 bits per heavy atom. The molecule has 0 amide bonds. The van der Waals surface area contributed by atoms with E-state index in [2.05, 4.69) is 5.32 Å². The molecule has 0 spiro atoms. The van der Waals surface area contributed by atoms with E-state index in [1.165, 1.54) is 7.11 Å². The van der Waals surface area contributed by atoms with Gasteiger partial charge in [0.1, 0.15) is 6.04 Å². The minimum Gasteiger partial charge on any atom is -0.468 e. The summed E-state index contributed by atoms with van der Waals surface area (Å²) in [5.41, 5.74) is 1.16. The summed E-state index contributed by atoms with van der Waals surface area (Å²) < 4.78 is 4.76. The number of ether oxygens (including phenoxy) is 1. The van der Waals surface area contributed by atoms with Gasteiger partial charge in [-0.1, -0.05) is 44.2 Å². The number of rotatable bonds is 5. The largest absolute Gasteiger partial charge is 0.468 e. The minimum atomic E-state index is -0.245. The van der Waals surface area contributed by atoms with Crippen molar-refractivity contribution in [1.29, 1.82) is 0 Å². The van der Waals surface area contributed by atoms with Gasteiger partial charge in [0.05, 0.1) is 7.11 Å². The molecule has 0 saturated heterocycles. The average Bonchev–Trinajstić information content (AvgIpc) is 2.30. The second-order valence-electron chi connectivity index (χ2n) is 4.11. The molecule has 0 fully saturated rings. The van der Waals surface area contributed by atoms with E-state index in [0.717, 1.165) is 5.56 Å². The summed E-state index contributed by atoms with van der Waals surface area (Å²) in [5, 5.41) is 3.21. The zero-order chi connectivity index (χ0) is 12.0. The van der Waals surface area contributed by atoms with Crippen molar-refractivity contribution in [1.82, 2.24) is 5.32 Å². The van der Waals surface area contributed by atoms with Crippen LogP contribution in [0.1, 0.15) is 19.4 Å². The van der Waals surface area contributed by atoms with Gasteiger partial charge < -0.3 is 10.1 Å². The van der Waals surface area contributed by atoms with Crippen LogP contribution >= 0.6 is 0 Å². The van der Waals surface area contributed by atoms with Crippen LogP contribution in [0.2, 0.25) is 0 Å². The molecule has 0 radical (unpaired) electrons. The van der Waals surface area contributed by atoms with Gasteiger partial charge >= 0.3 is 5.97 Å². The molecule has 3 nitrogen and oxygen atoms in total. The molecule has 0 bridgehead atoms. The summed E-state index contributed by atoms with van der Waals surface area (Å²) in [5.74, 6) is 0.0158. The van der Waals surface area contributed by atoms with Crippen molar-refractivity contribution >= 4 is 5.97 Å². The molecule has 1 aromatic rings. The quantitative estimate of drug-likeness (QED) is 0.773. The van der Waals surface area contributed by atoms with Crippen LogP contribution in [-0.2, 0) is 16.1 Å². The maximum absolute atomic E-state index is 11.5. The smallest absolute Gasteiger partial charge is 0.323 e. The highest BCUT2D eigenvalue weighted by Crippen LogP contribution is 2.05. The summed E-state index contributed by atoms with van der Waals surface area (Å²) in [6, 6.07) is 9.76. The first-order valence-electron chi connectivity index (χ1n) is 5.50. The fourth-order valence-corrected chi connectivity index (χ4v) is 1.54. The molecule has 0 aromatic heterocycles.